The van der Waals surface area contributed by atoms with E-state index in [0.29, 0.717) is 36.1 Å². The molecular formula is C27H23F3N2O2. The Kier molecular flexibility index (Phi) is 6.60. The van der Waals surface area contributed by atoms with Crippen molar-refractivity contribution in [1.82, 2.24) is 4.90 Å². The highest BCUT2D eigenvalue weighted by Crippen LogP contribution is 2.40. The number of rotatable bonds is 6. The van der Waals surface area contributed by atoms with Gasteiger partial charge in [-0.2, -0.15) is 5.26 Å². The Hall–Kier alpha value is -3.79. The Morgan fingerprint density at radius 1 is 1.03 bits per heavy atom. The maximum atomic E-state index is 14.1. The van der Waals surface area contributed by atoms with Crippen LogP contribution in [0.15, 0.2) is 66.7 Å². The van der Waals surface area contributed by atoms with Gasteiger partial charge in [0.15, 0.2) is 0 Å². The van der Waals surface area contributed by atoms with Crippen molar-refractivity contribution in [2.24, 2.45) is 0 Å². The molecular weight excluding hydrogens is 441 g/mol. The average Bonchev–Trinajstić information content (AvgIpc) is 2.83. The van der Waals surface area contributed by atoms with Gasteiger partial charge < -0.3 is 9.64 Å². The minimum Gasteiger partial charge on any atom is -0.438 e. The molecule has 1 aliphatic rings. The molecule has 34 heavy (non-hydrogen) atoms. The third-order valence-electron chi connectivity index (χ3n) is 6.39. The maximum Gasteiger partial charge on any atom is 0.411 e. The first kappa shape index (κ1) is 23.4. The van der Waals surface area contributed by atoms with E-state index in [1.165, 1.54) is 24.3 Å². The van der Waals surface area contributed by atoms with Crippen LogP contribution in [0.25, 0.3) is 11.1 Å². The molecule has 3 aromatic rings. The van der Waals surface area contributed by atoms with Crippen molar-refractivity contribution in [1.29, 1.82) is 5.26 Å². The molecule has 7 heteroatoms. The fourth-order valence-electron chi connectivity index (χ4n) is 4.40. The number of halogens is 3. The third-order valence-corrected chi connectivity index (χ3v) is 6.39. The topological polar surface area (TPSA) is 53.3 Å². The van der Waals surface area contributed by atoms with E-state index >= 15 is 0 Å². The van der Waals surface area contributed by atoms with Crippen molar-refractivity contribution >= 4 is 6.09 Å². The molecule has 1 amide bonds. The van der Waals surface area contributed by atoms with Crippen molar-refractivity contribution < 1.29 is 22.7 Å². The second-order valence-electron chi connectivity index (χ2n) is 8.39. The minimum absolute atomic E-state index is 0.196. The highest BCUT2D eigenvalue weighted by Gasteiger charge is 2.43. The Morgan fingerprint density at radius 2 is 1.71 bits per heavy atom. The SMILES string of the molecule is C[C@@H](c1ccc(-c2ccc(F)cc2F)cc1)N1CC[C@](CCC#N)(c2ccc(F)cc2)OC1=O. The third kappa shape index (κ3) is 4.62. The molecule has 0 radical (unpaired) electrons. The van der Waals surface area contributed by atoms with Crippen LogP contribution in [0.2, 0.25) is 0 Å². The number of carbonyl (C=O) groups is 1. The van der Waals surface area contributed by atoms with E-state index in [-0.39, 0.29) is 18.3 Å². The number of hydrogen-bond donors (Lipinski definition) is 0. The molecule has 4 nitrogen and oxygen atoms in total. The molecule has 1 fully saturated rings. The number of carbonyl (C=O) groups excluding carboxylic acids is 1. The van der Waals surface area contributed by atoms with Gasteiger partial charge in [0, 0.05) is 37.4 Å². The largest absolute Gasteiger partial charge is 0.438 e. The molecule has 1 heterocycles. The normalized spacial score (nSPS) is 18.8. The van der Waals surface area contributed by atoms with Gasteiger partial charge in [-0.25, -0.2) is 18.0 Å². The van der Waals surface area contributed by atoms with Gasteiger partial charge >= 0.3 is 6.09 Å². The number of nitriles is 1. The Balaban J connectivity index is 1.52. The summed E-state index contributed by atoms with van der Waals surface area (Å²) in [6, 6.07) is 18.1. The van der Waals surface area contributed by atoms with Gasteiger partial charge in [-0.15, -0.1) is 0 Å². The summed E-state index contributed by atoms with van der Waals surface area (Å²) in [4.78, 5) is 14.7. The lowest BCUT2D eigenvalue weighted by Gasteiger charge is -2.43. The van der Waals surface area contributed by atoms with Crippen LogP contribution in [0.1, 0.15) is 43.4 Å². The molecule has 0 saturated carbocycles. The fraction of sp³-hybridized carbons (Fsp3) is 0.259. The predicted molar refractivity (Wildman–Crippen MR) is 121 cm³/mol. The standard InChI is InChI=1S/C27H23F3N2O2/c1-18(19-3-5-20(6-4-19)24-12-11-23(29)17-25(24)30)32-16-14-27(13-2-15-31,34-26(32)33)21-7-9-22(28)10-8-21/h3-12,17-18H,2,13-14,16H2,1H3/t18-,27+/m0/s1. The molecule has 0 bridgehead atoms. The Bertz CT molecular complexity index is 1220. The average molecular weight is 464 g/mol. The molecule has 4 rings (SSSR count). The van der Waals surface area contributed by atoms with Crippen LogP contribution in [0.4, 0.5) is 18.0 Å². The van der Waals surface area contributed by atoms with E-state index in [1.807, 2.05) is 6.92 Å². The molecule has 0 aromatic heterocycles. The van der Waals surface area contributed by atoms with Crippen LogP contribution in [-0.2, 0) is 10.3 Å². The summed E-state index contributed by atoms with van der Waals surface area (Å²) in [6.07, 6.45) is 0.451. The van der Waals surface area contributed by atoms with E-state index in [4.69, 9.17) is 10.00 Å². The number of ether oxygens (including phenoxy) is 1. The van der Waals surface area contributed by atoms with Gasteiger partial charge in [-0.3, -0.25) is 0 Å². The quantitative estimate of drug-likeness (QED) is 0.400. The maximum absolute atomic E-state index is 14.1. The van der Waals surface area contributed by atoms with E-state index in [0.717, 1.165) is 11.6 Å². The van der Waals surface area contributed by atoms with Crippen LogP contribution in [0, 0.1) is 28.8 Å². The fourth-order valence-corrected chi connectivity index (χ4v) is 4.40. The van der Waals surface area contributed by atoms with Crippen molar-refractivity contribution in [2.75, 3.05) is 6.54 Å². The first-order valence-electron chi connectivity index (χ1n) is 11.0. The van der Waals surface area contributed by atoms with Gasteiger partial charge in [-0.05, 0) is 47.9 Å². The van der Waals surface area contributed by atoms with Gasteiger partial charge in [0.25, 0.3) is 0 Å². The number of amides is 1. The highest BCUT2D eigenvalue weighted by atomic mass is 19.1. The van der Waals surface area contributed by atoms with Crippen molar-refractivity contribution in [3.05, 3.63) is 95.3 Å². The lowest BCUT2D eigenvalue weighted by molar-refractivity contribution is -0.0647. The molecule has 174 valence electrons. The van der Waals surface area contributed by atoms with Gasteiger partial charge in [0.1, 0.15) is 23.1 Å². The summed E-state index contributed by atoms with van der Waals surface area (Å²) in [5.74, 6) is -1.67. The number of nitrogens with zero attached hydrogens (tertiary/aromatic N) is 2. The molecule has 0 unspecified atom stereocenters. The molecule has 0 N–H and O–H groups in total. The van der Waals surface area contributed by atoms with Crippen molar-refractivity contribution in [3.8, 4) is 17.2 Å². The van der Waals surface area contributed by atoms with Crippen molar-refractivity contribution in [3.63, 3.8) is 0 Å². The zero-order chi connectivity index (χ0) is 24.3. The van der Waals surface area contributed by atoms with E-state index in [1.54, 1.807) is 41.3 Å². The van der Waals surface area contributed by atoms with Crippen molar-refractivity contribution in [2.45, 2.75) is 37.8 Å². The van der Waals surface area contributed by atoms with Crippen LogP contribution in [0.3, 0.4) is 0 Å². The first-order valence-corrected chi connectivity index (χ1v) is 11.0. The molecule has 2 atom stereocenters. The zero-order valence-electron chi connectivity index (χ0n) is 18.6. The summed E-state index contributed by atoms with van der Waals surface area (Å²) >= 11 is 0. The lowest BCUT2D eigenvalue weighted by atomic mass is 9.84. The summed E-state index contributed by atoms with van der Waals surface area (Å²) in [6.45, 7) is 2.26. The summed E-state index contributed by atoms with van der Waals surface area (Å²) in [7, 11) is 0. The highest BCUT2D eigenvalue weighted by molar-refractivity contribution is 5.70. The Morgan fingerprint density at radius 3 is 2.32 bits per heavy atom. The van der Waals surface area contributed by atoms with Gasteiger partial charge in [0.2, 0.25) is 0 Å². The molecule has 3 aromatic carbocycles. The van der Waals surface area contributed by atoms with Crippen LogP contribution >= 0.6 is 0 Å². The molecule has 1 aliphatic heterocycles. The minimum atomic E-state index is -0.985. The Labute approximate surface area is 196 Å². The zero-order valence-corrected chi connectivity index (χ0v) is 18.6. The van der Waals surface area contributed by atoms with Crippen LogP contribution in [0.5, 0.6) is 0 Å². The summed E-state index contributed by atoms with van der Waals surface area (Å²) in [5.41, 5.74) is 1.40. The number of benzene rings is 3. The van der Waals surface area contributed by atoms with E-state index in [9.17, 15) is 18.0 Å². The molecule has 0 aliphatic carbocycles. The predicted octanol–water partition coefficient (Wildman–Crippen LogP) is 6.87. The number of hydrogen-bond acceptors (Lipinski definition) is 3. The van der Waals surface area contributed by atoms with E-state index < -0.39 is 23.3 Å². The first-order chi connectivity index (χ1) is 16.3. The second-order valence-corrected chi connectivity index (χ2v) is 8.39. The summed E-state index contributed by atoms with van der Waals surface area (Å²) < 4.78 is 46.7. The monoisotopic (exact) mass is 464 g/mol. The number of cyclic esters (lactones) is 1. The van der Waals surface area contributed by atoms with Gasteiger partial charge in [-0.1, -0.05) is 36.4 Å². The van der Waals surface area contributed by atoms with Crippen LogP contribution < -0.4 is 0 Å². The smallest absolute Gasteiger partial charge is 0.411 e. The summed E-state index contributed by atoms with van der Waals surface area (Å²) in [5, 5.41) is 9.09. The molecule has 1 saturated heterocycles. The lowest BCUT2D eigenvalue weighted by Crippen LogP contribution is -2.48. The van der Waals surface area contributed by atoms with Crippen LogP contribution in [-0.4, -0.2) is 17.5 Å². The molecule has 0 spiro atoms. The van der Waals surface area contributed by atoms with E-state index in [2.05, 4.69) is 6.07 Å². The second kappa shape index (κ2) is 9.60. The van der Waals surface area contributed by atoms with Gasteiger partial charge in [0.05, 0.1) is 12.1 Å².